The molecule has 4 bridgehead atoms. The molecule has 7 nitrogen and oxygen atoms in total. The van der Waals surface area contributed by atoms with Crippen LogP contribution in [0.2, 0.25) is 0 Å². The lowest BCUT2D eigenvalue weighted by molar-refractivity contribution is -0.102. The second-order valence-electron chi connectivity index (χ2n) is 14.4. The zero-order chi connectivity index (χ0) is 28.1. The smallest absolute Gasteiger partial charge is 0.216 e. The highest BCUT2D eigenvalue weighted by molar-refractivity contribution is 7.90. The molecule has 2 saturated heterocycles. The first-order chi connectivity index (χ1) is 19.1. The molecule has 8 heteroatoms. The van der Waals surface area contributed by atoms with E-state index >= 15 is 0 Å². The molecular formula is C32H52N4O3S. The molecule has 5 fully saturated rings. The lowest BCUT2D eigenvalue weighted by atomic mass is 9.53. The van der Waals surface area contributed by atoms with Crippen LogP contribution in [0.1, 0.15) is 107 Å². The molecule has 3 saturated carbocycles. The van der Waals surface area contributed by atoms with Crippen molar-refractivity contribution in [2.75, 3.05) is 13.2 Å². The fourth-order valence-electron chi connectivity index (χ4n) is 8.72. The van der Waals surface area contributed by atoms with E-state index in [-0.39, 0.29) is 17.5 Å². The maximum atomic E-state index is 13.8. The van der Waals surface area contributed by atoms with Gasteiger partial charge in [-0.3, -0.25) is 15.5 Å². The van der Waals surface area contributed by atoms with Gasteiger partial charge in [-0.2, -0.15) is 4.72 Å². The summed E-state index contributed by atoms with van der Waals surface area (Å²) in [4.78, 5) is 2.80. The molecule has 5 unspecified atom stereocenters. The number of hydrogen-bond donors (Lipinski definition) is 3. The Labute approximate surface area is 242 Å². The molecule has 3 N–H and O–H groups in total. The van der Waals surface area contributed by atoms with E-state index < -0.39 is 16.3 Å². The van der Waals surface area contributed by atoms with Crippen molar-refractivity contribution in [3.8, 4) is 0 Å². The van der Waals surface area contributed by atoms with Crippen LogP contribution in [0.5, 0.6) is 0 Å². The summed E-state index contributed by atoms with van der Waals surface area (Å²) in [6, 6.07) is 7.38. The third kappa shape index (κ3) is 6.04. The molecular weight excluding hydrogens is 520 g/mol. The number of hydrogen-bond acceptors (Lipinski definition) is 6. The fourth-order valence-corrected chi connectivity index (χ4v) is 10.4. The highest BCUT2D eigenvalue weighted by atomic mass is 32.2. The van der Waals surface area contributed by atoms with Gasteiger partial charge in [-0.1, -0.05) is 44.9 Å². The minimum atomic E-state index is -3.50. The molecule has 0 amide bonds. The second kappa shape index (κ2) is 11.6. The molecule has 5 aliphatic rings. The van der Waals surface area contributed by atoms with Crippen LogP contribution in [-0.4, -0.2) is 56.3 Å². The van der Waals surface area contributed by atoms with E-state index in [1.807, 2.05) is 0 Å². The van der Waals surface area contributed by atoms with Crippen molar-refractivity contribution in [1.29, 1.82) is 0 Å². The number of aryl methyl sites for hydroxylation is 2. The molecule has 40 heavy (non-hydrogen) atoms. The van der Waals surface area contributed by atoms with Crippen LogP contribution in [0.25, 0.3) is 0 Å². The molecule has 0 radical (unpaired) electrons. The van der Waals surface area contributed by atoms with Crippen molar-refractivity contribution in [3.63, 3.8) is 0 Å². The Morgan fingerprint density at radius 3 is 2.48 bits per heavy atom. The van der Waals surface area contributed by atoms with Gasteiger partial charge >= 0.3 is 0 Å². The van der Waals surface area contributed by atoms with E-state index in [0.717, 1.165) is 45.1 Å². The van der Waals surface area contributed by atoms with Gasteiger partial charge in [0, 0.05) is 31.1 Å². The summed E-state index contributed by atoms with van der Waals surface area (Å²) in [5.41, 5.74) is 4.32. The number of benzene rings is 1. The predicted molar refractivity (Wildman–Crippen MR) is 160 cm³/mol. The number of rotatable bonds is 4. The number of fused-ring (bicyclic) bond motifs is 4. The molecule has 0 aromatic heterocycles. The van der Waals surface area contributed by atoms with Gasteiger partial charge in [0.25, 0.3) is 0 Å². The maximum Gasteiger partial charge on any atom is 0.216 e. The molecule has 1 spiro atoms. The van der Waals surface area contributed by atoms with E-state index in [1.54, 1.807) is 0 Å². The van der Waals surface area contributed by atoms with Gasteiger partial charge in [-0.15, -0.1) is 0 Å². The maximum absolute atomic E-state index is 13.8. The first-order valence-electron chi connectivity index (χ1n) is 16.1. The van der Waals surface area contributed by atoms with E-state index in [0.29, 0.717) is 35.9 Å². The minimum Gasteiger partial charge on any atom is -0.362 e. The fraction of sp³-hybridized carbons (Fsp3) is 0.812. The summed E-state index contributed by atoms with van der Waals surface area (Å²) in [6.45, 7) is 10.7. The number of nitrogens with one attached hydrogen (secondary N) is 3. The van der Waals surface area contributed by atoms with Crippen molar-refractivity contribution >= 4 is 10.0 Å². The van der Waals surface area contributed by atoms with Crippen molar-refractivity contribution in [2.45, 2.75) is 134 Å². The molecule has 3 aliphatic carbocycles. The topological polar surface area (TPSA) is 82.7 Å². The Hall–Kier alpha value is -1.03. The number of ether oxygens (including phenoxy) is 1. The molecule has 2 heterocycles. The van der Waals surface area contributed by atoms with Crippen LogP contribution in [-0.2, 0) is 14.8 Å². The van der Waals surface area contributed by atoms with Gasteiger partial charge in [-0.05, 0) is 99.2 Å². The quantitative estimate of drug-likeness (QED) is 0.466. The highest BCUT2D eigenvalue weighted by Gasteiger charge is 2.51. The van der Waals surface area contributed by atoms with Crippen molar-refractivity contribution in [3.05, 3.63) is 34.9 Å². The predicted octanol–water partition coefficient (Wildman–Crippen LogP) is 5.09. The summed E-state index contributed by atoms with van der Waals surface area (Å²) in [6.07, 6.45) is 11.6. The first-order valence-corrected chi connectivity index (χ1v) is 17.6. The number of sulfonamides is 1. The van der Waals surface area contributed by atoms with Crippen molar-refractivity contribution in [1.82, 2.24) is 20.3 Å². The van der Waals surface area contributed by atoms with Crippen LogP contribution in [0.15, 0.2) is 18.2 Å². The van der Waals surface area contributed by atoms with Crippen LogP contribution in [0.4, 0.5) is 0 Å². The van der Waals surface area contributed by atoms with E-state index in [2.05, 4.69) is 66.1 Å². The summed E-state index contributed by atoms with van der Waals surface area (Å²) in [5, 5.41) is 6.76. The SMILES string of the molecule is Cc1cccc(C)c1C1CC2NC(N1)NS(=O)(=O)C1CCCC(C1)CN(C1CC3(CCC3)C1)[C@H](CC(C)C)CO2. The highest BCUT2D eigenvalue weighted by Crippen LogP contribution is 2.57. The lowest BCUT2D eigenvalue weighted by Crippen LogP contribution is -2.64. The van der Waals surface area contributed by atoms with E-state index in [9.17, 15) is 8.42 Å². The van der Waals surface area contributed by atoms with Gasteiger partial charge in [-0.25, -0.2) is 8.42 Å². The number of nitrogens with zero attached hydrogens (tertiary/aromatic N) is 1. The van der Waals surface area contributed by atoms with Gasteiger partial charge < -0.3 is 4.74 Å². The summed E-state index contributed by atoms with van der Waals surface area (Å²) < 4.78 is 37.3. The van der Waals surface area contributed by atoms with Crippen molar-refractivity contribution < 1.29 is 13.2 Å². The zero-order valence-electron chi connectivity index (χ0n) is 25.1. The molecule has 224 valence electrons. The van der Waals surface area contributed by atoms with Gasteiger partial charge in [0.2, 0.25) is 10.0 Å². The average molecular weight is 573 g/mol. The molecule has 6 rings (SSSR count). The third-order valence-corrected chi connectivity index (χ3v) is 12.8. The standard InChI is InChI=1S/C32H52N4O3S/c1-21(2)14-25-20-39-29-16-28(30-22(3)8-5-9-23(30)4)33-31(34-29)35-40(37,38)27-11-6-10-24(15-27)19-36(25)26-17-32(18-26)12-7-13-32/h5,8-9,21,24-29,31,33-35H,6-7,10-20H2,1-4H3/t24?,25-,27?,28?,29?,31?/m1/s1. The molecule has 1 aromatic rings. The minimum absolute atomic E-state index is 0.00846. The second-order valence-corrected chi connectivity index (χ2v) is 16.4. The summed E-state index contributed by atoms with van der Waals surface area (Å²) in [7, 11) is -3.50. The van der Waals surface area contributed by atoms with E-state index in [1.165, 1.54) is 48.8 Å². The Morgan fingerprint density at radius 2 is 1.80 bits per heavy atom. The third-order valence-electron chi connectivity index (χ3n) is 10.9. The van der Waals surface area contributed by atoms with Crippen LogP contribution < -0.4 is 15.4 Å². The monoisotopic (exact) mass is 572 g/mol. The first kappa shape index (κ1) is 29.1. The van der Waals surface area contributed by atoms with Gasteiger partial charge in [0.05, 0.1) is 11.9 Å². The Kier molecular flexibility index (Phi) is 8.41. The largest absolute Gasteiger partial charge is 0.362 e. The van der Waals surface area contributed by atoms with E-state index in [4.69, 9.17) is 4.74 Å². The van der Waals surface area contributed by atoms with Crippen molar-refractivity contribution in [2.24, 2.45) is 17.3 Å². The lowest BCUT2D eigenvalue weighted by Gasteiger charge is -2.59. The Morgan fingerprint density at radius 1 is 1.05 bits per heavy atom. The summed E-state index contributed by atoms with van der Waals surface area (Å²) in [5.74, 6) is 1.01. The zero-order valence-corrected chi connectivity index (χ0v) is 25.9. The summed E-state index contributed by atoms with van der Waals surface area (Å²) >= 11 is 0. The average Bonchev–Trinajstić information content (AvgIpc) is 2.83. The molecule has 2 aliphatic heterocycles. The van der Waals surface area contributed by atoms with Crippen LogP contribution in [0, 0.1) is 31.1 Å². The Bertz CT molecular complexity index is 1120. The van der Waals surface area contributed by atoms with Crippen LogP contribution >= 0.6 is 0 Å². The van der Waals surface area contributed by atoms with Gasteiger partial charge in [0.1, 0.15) is 12.5 Å². The Balaban J connectivity index is 1.31. The van der Waals surface area contributed by atoms with Gasteiger partial charge in [0.15, 0.2) is 0 Å². The molecule has 1 aromatic carbocycles. The van der Waals surface area contributed by atoms with Crippen LogP contribution in [0.3, 0.4) is 0 Å². The normalized spacial score (nSPS) is 36.6. The molecule has 6 atom stereocenters.